The molecule has 0 spiro atoms. The lowest BCUT2D eigenvalue weighted by Gasteiger charge is -2.43. The Balaban J connectivity index is 1.85. The van der Waals surface area contributed by atoms with Crippen LogP contribution in [0.15, 0.2) is 4.99 Å². The summed E-state index contributed by atoms with van der Waals surface area (Å²) in [5.41, 5.74) is 0.183. The van der Waals surface area contributed by atoms with Crippen LogP contribution in [0.3, 0.4) is 0 Å². The molecule has 0 aromatic rings. The summed E-state index contributed by atoms with van der Waals surface area (Å²) < 4.78 is 5.53. The van der Waals surface area contributed by atoms with Crippen molar-refractivity contribution in [2.45, 2.75) is 56.5 Å². The van der Waals surface area contributed by atoms with E-state index in [1.54, 1.807) is 0 Å². The number of nitrogens with zero attached hydrogens (tertiary/aromatic N) is 2. The van der Waals surface area contributed by atoms with E-state index in [2.05, 4.69) is 34.6 Å². The molecule has 1 aliphatic heterocycles. The van der Waals surface area contributed by atoms with Gasteiger partial charge in [0, 0.05) is 38.4 Å². The van der Waals surface area contributed by atoms with Crippen molar-refractivity contribution in [3.63, 3.8) is 0 Å². The molecular weight excluding hydrogens is 264 g/mol. The maximum Gasteiger partial charge on any atom is 0.191 e. The molecule has 2 rings (SSSR count). The number of rotatable bonds is 4. The lowest BCUT2D eigenvalue weighted by Crippen LogP contribution is -2.57. The van der Waals surface area contributed by atoms with Gasteiger partial charge in [0.2, 0.25) is 0 Å². The number of aliphatic imine (C=N–C) groups is 1. The van der Waals surface area contributed by atoms with Gasteiger partial charge in [0.25, 0.3) is 0 Å². The molecule has 0 aromatic carbocycles. The lowest BCUT2D eigenvalue weighted by molar-refractivity contribution is -0.00503. The second-order valence-corrected chi connectivity index (χ2v) is 6.64. The number of nitrogens with one attached hydrogen (secondary N) is 2. The van der Waals surface area contributed by atoms with Crippen molar-refractivity contribution in [3.05, 3.63) is 0 Å². The van der Waals surface area contributed by atoms with Gasteiger partial charge in [-0.1, -0.05) is 19.3 Å². The molecule has 0 aromatic heterocycles. The molecule has 2 N–H and O–H groups in total. The average molecular weight is 296 g/mol. The van der Waals surface area contributed by atoms with Crippen molar-refractivity contribution in [3.8, 4) is 0 Å². The highest BCUT2D eigenvalue weighted by molar-refractivity contribution is 5.80. The Hall–Kier alpha value is -0.810. The standard InChI is InChI=1S/C16H32N4O/c1-17-15(19-14-7-5-4-6-8-14)18-13-16(20(2)3)9-11-21-12-10-16/h14H,4-13H2,1-3H3,(H2,17,18,19). The van der Waals surface area contributed by atoms with Gasteiger partial charge in [0.05, 0.1) is 0 Å². The number of hydrogen-bond acceptors (Lipinski definition) is 3. The van der Waals surface area contributed by atoms with Crippen LogP contribution in [0.2, 0.25) is 0 Å². The topological polar surface area (TPSA) is 48.9 Å². The smallest absolute Gasteiger partial charge is 0.191 e. The van der Waals surface area contributed by atoms with Gasteiger partial charge < -0.3 is 20.3 Å². The van der Waals surface area contributed by atoms with E-state index in [0.717, 1.165) is 38.6 Å². The van der Waals surface area contributed by atoms with Crippen LogP contribution in [0.1, 0.15) is 44.9 Å². The zero-order valence-corrected chi connectivity index (χ0v) is 14.0. The van der Waals surface area contributed by atoms with Crippen LogP contribution in [0, 0.1) is 0 Å². The maximum atomic E-state index is 5.53. The van der Waals surface area contributed by atoms with E-state index in [-0.39, 0.29) is 5.54 Å². The maximum absolute atomic E-state index is 5.53. The fourth-order valence-electron chi connectivity index (χ4n) is 3.42. The Labute approximate surface area is 129 Å². The van der Waals surface area contributed by atoms with E-state index < -0.39 is 0 Å². The van der Waals surface area contributed by atoms with E-state index in [9.17, 15) is 0 Å². The van der Waals surface area contributed by atoms with Crippen LogP contribution in [0.4, 0.5) is 0 Å². The minimum Gasteiger partial charge on any atom is -0.381 e. The van der Waals surface area contributed by atoms with Crippen molar-refractivity contribution >= 4 is 5.96 Å². The number of likely N-dealkylation sites (N-methyl/N-ethyl adjacent to an activating group) is 1. The molecule has 1 heterocycles. The summed E-state index contributed by atoms with van der Waals surface area (Å²) in [6.07, 6.45) is 8.76. The quantitative estimate of drug-likeness (QED) is 0.611. The highest BCUT2D eigenvalue weighted by Crippen LogP contribution is 2.25. The number of guanidine groups is 1. The molecule has 122 valence electrons. The second kappa shape index (κ2) is 7.99. The zero-order valence-electron chi connectivity index (χ0n) is 14.0. The van der Waals surface area contributed by atoms with Crippen LogP contribution in [-0.2, 0) is 4.74 Å². The van der Waals surface area contributed by atoms with Gasteiger partial charge in [0.1, 0.15) is 0 Å². The molecule has 0 amide bonds. The van der Waals surface area contributed by atoms with Crippen molar-refractivity contribution in [2.75, 3.05) is 40.9 Å². The van der Waals surface area contributed by atoms with Crippen LogP contribution in [0.5, 0.6) is 0 Å². The SMILES string of the molecule is CN=C(NCC1(N(C)C)CCOCC1)NC1CCCCC1. The Morgan fingerprint density at radius 1 is 1.19 bits per heavy atom. The van der Waals surface area contributed by atoms with E-state index in [0.29, 0.717) is 6.04 Å². The molecule has 0 atom stereocenters. The first-order valence-corrected chi connectivity index (χ1v) is 8.39. The van der Waals surface area contributed by atoms with E-state index in [4.69, 9.17) is 4.74 Å². The summed E-state index contributed by atoms with van der Waals surface area (Å²) in [5.74, 6) is 0.953. The normalized spacial score (nSPS) is 24.1. The number of hydrogen-bond donors (Lipinski definition) is 2. The third-order valence-electron chi connectivity index (χ3n) is 5.13. The molecule has 5 nitrogen and oxygen atoms in total. The Kier molecular flexibility index (Phi) is 6.30. The van der Waals surface area contributed by atoms with Crippen LogP contribution in [-0.4, -0.2) is 63.3 Å². The van der Waals surface area contributed by atoms with Gasteiger partial charge in [-0.25, -0.2) is 0 Å². The van der Waals surface area contributed by atoms with E-state index in [1.807, 2.05) is 7.05 Å². The first-order valence-electron chi connectivity index (χ1n) is 8.39. The molecule has 0 unspecified atom stereocenters. The van der Waals surface area contributed by atoms with Gasteiger partial charge in [0.15, 0.2) is 5.96 Å². The predicted octanol–water partition coefficient (Wildman–Crippen LogP) is 1.59. The van der Waals surface area contributed by atoms with Gasteiger partial charge >= 0.3 is 0 Å². The summed E-state index contributed by atoms with van der Waals surface area (Å²) in [7, 11) is 6.21. The van der Waals surface area contributed by atoms with Crippen LogP contribution < -0.4 is 10.6 Å². The zero-order chi connectivity index (χ0) is 15.1. The third kappa shape index (κ3) is 4.58. The van der Waals surface area contributed by atoms with Crippen LogP contribution in [0.25, 0.3) is 0 Å². The third-order valence-corrected chi connectivity index (χ3v) is 5.13. The summed E-state index contributed by atoms with van der Waals surface area (Å²) in [6.45, 7) is 2.64. The van der Waals surface area contributed by atoms with Crippen molar-refractivity contribution in [2.24, 2.45) is 4.99 Å². The van der Waals surface area contributed by atoms with Gasteiger partial charge in [-0.05, 0) is 39.8 Å². The molecule has 5 heteroatoms. The summed E-state index contributed by atoms with van der Waals surface area (Å²) in [5, 5.41) is 7.14. The van der Waals surface area contributed by atoms with Crippen molar-refractivity contribution in [1.82, 2.24) is 15.5 Å². The predicted molar refractivity (Wildman–Crippen MR) is 87.8 cm³/mol. The highest BCUT2D eigenvalue weighted by atomic mass is 16.5. The van der Waals surface area contributed by atoms with Crippen molar-refractivity contribution in [1.29, 1.82) is 0 Å². The summed E-state index contributed by atoms with van der Waals surface area (Å²) in [4.78, 5) is 6.75. The van der Waals surface area contributed by atoms with E-state index in [1.165, 1.54) is 32.1 Å². The molecule has 2 fully saturated rings. The first-order chi connectivity index (χ1) is 10.2. The first kappa shape index (κ1) is 16.6. The monoisotopic (exact) mass is 296 g/mol. The molecule has 0 radical (unpaired) electrons. The van der Waals surface area contributed by atoms with Gasteiger partial charge in [-0.2, -0.15) is 0 Å². The minimum atomic E-state index is 0.183. The molecular formula is C16H32N4O. The van der Waals surface area contributed by atoms with Gasteiger partial charge in [-0.15, -0.1) is 0 Å². The lowest BCUT2D eigenvalue weighted by atomic mass is 9.88. The molecule has 1 aliphatic carbocycles. The average Bonchev–Trinajstić information content (AvgIpc) is 2.53. The van der Waals surface area contributed by atoms with Crippen molar-refractivity contribution < 1.29 is 4.74 Å². The fraction of sp³-hybridized carbons (Fsp3) is 0.938. The molecule has 1 saturated heterocycles. The Bertz CT molecular complexity index is 331. The summed E-state index contributed by atoms with van der Waals surface area (Å²) in [6, 6.07) is 0.593. The second-order valence-electron chi connectivity index (χ2n) is 6.64. The minimum absolute atomic E-state index is 0.183. The van der Waals surface area contributed by atoms with Crippen LogP contribution >= 0.6 is 0 Å². The molecule has 2 aliphatic rings. The largest absolute Gasteiger partial charge is 0.381 e. The van der Waals surface area contributed by atoms with Gasteiger partial charge in [-0.3, -0.25) is 4.99 Å². The Morgan fingerprint density at radius 2 is 1.86 bits per heavy atom. The fourth-order valence-corrected chi connectivity index (χ4v) is 3.42. The highest BCUT2D eigenvalue weighted by Gasteiger charge is 2.34. The molecule has 21 heavy (non-hydrogen) atoms. The molecule has 0 bridgehead atoms. The molecule has 1 saturated carbocycles. The summed E-state index contributed by atoms with van der Waals surface area (Å²) >= 11 is 0. The van der Waals surface area contributed by atoms with E-state index >= 15 is 0 Å². The number of ether oxygens (including phenoxy) is 1. The Morgan fingerprint density at radius 3 is 2.43 bits per heavy atom.